The minimum absolute atomic E-state index is 0.505. The molecule has 1 aromatic rings. The molecule has 2 heteroatoms. The molecule has 1 fully saturated rings. The van der Waals surface area contributed by atoms with E-state index in [4.69, 9.17) is 0 Å². The number of nitrogens with one attached hydrogen (secondary N) is 1. The minimum atomic E-state index is 0.505. The summed E-state index contributed by atoms with van der Waals surface area (Å²) in [6, 6.07) is 9.67. The van der Waals surface area contributed by atoms with E-state index in [1.165, 1.54) is 43.6 Å². The van der Waals surface area contributed by atoms with Gasteiger partial charge in [-0.1, -0.05) is 26.0 Å². The van der Waals surface area contributed by atoms with Gasteiger partial charge in [0.25, 0.3) is 0 Å². The second-order valence-electron chi connectivity index (χ2n) is 5.16. The van der Waals surface area contributed by atoms with Crippen LogP contribution in [-0.2, 0) is 0 Å². The van der Waals surface area contributed by atoms with Crippen LogP contribution in [-0.4, -0.2) is 19.6 Å². The van der Waals surface area contributed by atoms with Crippen molar-refractivity contribution in [2.24, 2.45) is 0 Å². The van der Waals surface area contributed by atoms with Gasteiger partial charge in [0.05, 0.1) is 0 Å². The zero-order valence-electron chi connectivity index (χ0n) is 11.8. The van der Waals surface area contributed by atoms with Gasteiger partial charge in [-0.2, -0.15) is 0 Å². The molecule has 100 valence electrons. The van der Waals surface area contributed by atoms with Crippen molar-refractivity contribution in [1.82, 2.24) is 5.32 Å². The Morgan fingerprint density at radius 2 is 1.72 bits per heavy atom. The van der Waals surface area contributed by atoms with Gasteiger partial charge in [-0.3, -0.25) is 0 Å². The zero-order valence-corrected chi connectivity index (χ0v) is 11.8. The Morgan fingerprint density at radius 1 is 1.06 bits per heavy atom. The molecule has 0 radical (unpaired) electrons. The molecule has 0 amide bonds. The van der Waals surface area contributed by atoms with Crippen molar-refractivity contribution in [3.8, 4) is 0 Å². The van der Waals surface area contributed by atoms with Gasteiger partial charge < -0.3 is 10.2 Å². The first-order valence-corrected chi connectivity index (χ1v) is 7.43. The van der Waals surface area contributed by atoms with Gasteiger partial charge in [-0.15, -0.1) is 0 Å². The fourth-order valence-corrected chi connectivity index (χ4v) is 2.81. The normalized spacial score (nSPS) is 17.8. The summed E-state index contributed by atoms with van der Waals surface area (Å²) in [6.45, 7) is 7.90. The molecule has 1 unspecified atom stereocenters. The number of piperidine rings is 1. The van der Waals surface area contributed by atoms with Crippen molar-refractivity contribution in [1.29, 1.82) is 0 Å². The lowest BCUT2D eigenvalue weighted by Crippen LogP contribution is -2.29. The van der Waals surface area contributed by atoms with Crippen LogP contribution in [0.3, 0.4) is 0 Å². The van der Waals surface area contributed by atoms with Gasteiger partial charge in [0.1, 0.15) is 0 Å². The first-order valence-electron chi connectivity index (χ1n) is 7.43. The Labute approximate surface area is 111 Å². The second kappa shape index (κ2) is 6.79. The summed E-state index contributed by atoms with van der Waals surface area (Å²) < 4.78 is 0. The van der Waals surface area contributed by atoms with Crippen molar-refractivity contribution >= 4 is 5.69 Å². The maximum Gasteiger partial charge on any atom is 0.0366 e. The summed E-state index contributed by atoms with van der Waals surface area (Å²) in [6.07, 6.45) is 5.23. The van der Waals surface area contributed by atoms with Crippen molar-refractivity contribution in [3.63, 3.8) is 0 Å². The molecule has 0 aliphatic carbocycles. The average molecular weight is 246 g/mol. The van der Waals surface area contributed by atoms with Gasteiger partial charge >= 0.3 is 0 Å². The van der Waals surface area contributed by atoms with Crippen molar-refractivity contribution in [2.75, 3.05) is 24.5 Å². The summed E-state index contributed by atoms with van der Waals surface area (Å²) in [4.78, 5) is 2.52. The first kappa shape index (κ1) is 13.4. The molecular weight excluding hydrogens is 220 g/mol. The van der Waals surface area contributed by atoms with Crippen LogP contribution in [0, 0.1) is 0 Å². The SMILES string of the molecule is CCNC(CC)c1ccc(N2CCCCC2)cc1. The van der Waals surface area contributed by atoms with Gasteiger partial charge in [-0.25, -0.2) is 0 Å². The molecule has 2 rings (SSSR count). The van der Waals surface area contributed by atoms with Crippen LogP contribution in [0.5, 0.6) is 0 Å². The van der Waals surface area contributed by atoms with E-state index in [-0.39, 0.29) is 0 Å². The molecule has 1 N–H and O–H groups in total. The summed E-state index contributed by atoms with van der Waals surface area (Å²) in [7, 11) is 0. The molecule has 0 spiro atoms. The van der Waals surface area contributed by atoms with Crippen LogP contribution in [0.25, 0.3) is 0 Å². The van der Waals surface area contributed by atoms with Crippen LogP contribution in [0.2, 0.25) is 0 Å². The molecule has 2 nitrogen and oxygen atoms in total. The third kappa shape index (κ3) is 3.26. The third-order valence-corrected chi connectivity index (χ3v) is 3.88. The second-order valence-corrected chi connectivity index (χ2v) is 5.16. The van der Waals surface area contributed by atoms with Crippen LogP contribution < -0.4 is 10.2 Å². The van der Waals surface area contributed by atoms with E-state index >= 15 is 0 Å². The minimum Gasteiger partial charge on any atom is -0.372 e. The number of hydrogen-bond acceptors (Lipinski definition) is 2. The number of benzene rings is 1. The molecule has 0 saturated carbocycles. The molecule has 1 heterocycles. The van der Waals surface area contributed by atoms with Gasteiger partial charge in [0.2, 0.25) is 0 Å². The van der Waals surface area contributed by atoms with Crippen LogP contribution >= 0.6 is 0 Å². The zero-order chi connectivity index (χ0) is 12.8. The quantitative estimate of drug-likeness (QED) is 0.851. The number of anilines is 1. The fourth-order valence-electron chi connectivity index (χ4n) is 2.81. The monoisotopic (exact) mass is 246 g/mol. The van der Waals surface area contributed by atoms with Crippen molar-refractivity contribution < 1.29 is 0 Å². The molecule has 0 bridgehead atoms. The Balaban J connectivity index is 2.03. The Morgan fingerprint density at radius 3 is 2.28 bits per heavy atom. The first-order chi connectivity index (χ1) is 8.85. The number of nitrogens with zero attached hydrogens (tertiary/aromatic N) is 1. The van der Waals surface area contributed by atoms with Crippen molar-refractivity contribution in [2.45, 2.75) is 45.6 Å². The number of hydrogen-bond donors (Lipinski definition) is 1. The Kier molecular flexibility index (Phi) is 5.06. The summed E-state index contributed by atoms with van der Waals surface area (Å²) in [5, 5.41) is 3.53. The van der Waals surface area contributed by atoms with Crippen LogP contribution in [0.15, 0.2) is 24.3 Å². The van der Waals surface area contributed by atoms with Gasteiger partial charge in [-0.05, 0) is 49.9 Å². The molecule has 1 atom stereocenters. The highest BCUT2D eigenvalue weighted by molar-refractivity contribution is 5.48. The van der Waals surface area contributed by atoms with E-state index in [9.17, 15) is 0 Å². The molecule has 0 aromatic heterocycles. The molecule has 1 aliphatic rings. The highest BCUT2D eigenvalue weighted by Crippen LogP contribution is 2.23. The molecular formula is C16H26N2. The predicted molar refractivity (Wildman–Crippen MR) is 79.2 cm³/mol. The van der Waals surface area contributed by atoms with Crippen LogP contribution in [0.1, 0.15) is 51.1 Å². The highest BCUT2D eigenvalue weighted by atomic mass is 15.1. The lowest BCUT2D eigenvalue weighted by Gasteiger charge is -2.29. The summed E-state index contributed by atoms with van der Waals surface area (Å²) in [5.41, 5.74) is 2.81. The van der Waals surface area contributed by atoms with Gasteiger partial charge in [0, 0.05) is 24.8 Å². The molecule has 18 heavy (non-hydrogen) atoms. The standard InChI is InChI=1S/C16H26N2/c1-3-16(17-4-2)14-8-10-15(11-9-14)18-12-6-5-7-13-18/h8-11,16-17H,3-7,12-13H2,1-2H3. The Bertz CT molecular complexity index is 315. The van der Waals surface area contributed by atoms with E-state index < -0.39 is 0 Å². The topological polar surface area (TPSA) is 15.3 Å². The molecule has 1 aromatic carbocycles. The van der Waals surface area contributed by atoms with Crippen molar-refractivity contribution in [3.05, 3.63) is 29.8 Å². The Hall–Kier alpha value is -1.02. The van der Waals surface area contributed by atoms with E-state index in [0.29, 0.717) is 6.04 Å². The van der Waals surface area contributed by atoms with E-state index in [0.717, 1.165) is 13.0 Å². The predicted octanol–water partition coefficient (Wildman–Crippen LogP) is 3.74. The maximum atomic E-state index is 3.53. The molecule has 1 aliphatic heterocycles. The summed E-state index contributed by atoms with van der Waals surface area (Å²) >= 11 is 0. The average Bonchev–Trinajstić information content (AvgIpc) is 2.46. The third-order valence-electron chi connectivity index (χ3n) is 3.88. The largest absolute Gasteiger partial charge is 0.372 e. The number of rotatable bonds is 5. The summed E-state index contributed by atoms with van der Waals surface area (Å²) in [5.74, 6) is 0. The van der Waals surface area contributed by atoms with Gasteiger partial charge in [0.15, 0.2) is 0 Å². The lowest BCUT2D eigenvalue weighted by molar-refractivity contribution is 0.537. The van der Waals surface area contributed by atoms with Crippen LogP contribution in [0.4, 0.5) is 5.69 Å². The fraction of sp³-hybridized carbons (Fsp3) is 0.625. The van der Waals surface area contributed by atoms with E-state index in [1.54, 1.807) is 0 Å². The smallest absolute Gasteiger partial charge is 0.0366 e. The lowest BCUT2D eigenvalue weighted by atomic mass is 10.0. The van der Waals surface area contributed by atoms with E-state index in [1.807, 2.05) is 0 Å². The van der Waals surface area contributed by atoms with E-state index in [2.05, 4.69) is 48.3 Å². The maximum absolute atomic E-state index is 3.53. The highest BCUT2D eigenvalue weighted by Gasteiger charge is 2.12. The molecule has 1 saturated heterocycles.